The van der Waals surface area contributed by atoms with Crippen LogP contribution in [0.25, 0.3) is 0 Å². The molecule has 1 aromatic heterocycles. The Bertz CT molecular complexity index is 307. The van der Waals surface area contributed by atoms with E-state index in [9.17, 15) is 4.39 Å². The van der Waals surface area contributed by atoms with Crippen LogP contribution in [-0.2, 0) is 0 Å². The number of rotatable bonds is 4. The minimum atomic E-state index is -0.421. The molecule has 0 unspecified atom stereocenters. The highest BCUT2D eigenvalue weighted by molar-refractivity contribution is 5.24. The molecule has 14 heavy (non-hydrogen) atoms. The maximum atomic E-state index is 12.5. The van der Waals surface area contributed by atoms with Crippen LogP contribution in [0.5, 0.6) is 0 Å². The second-order valence-corrected chi connectivity index (χ2v) is 3.78. The summed E-state index contributed by atoms with van der Waals surface area (Å²) in [4.78, 5) is 7.61. The fourth-order valence-electron chi connectivity index (χ4n) is 1.30. The maximum absolute atomic E-state index is 12.5. The molecule has 1 aromatic rings. The van der Waals surface area contributed by atoms with Crippen molar-refractivity contribution in [2.45, 2.75) is 12.8 Å². The van der Waals surface area contributed by atoms with Crippen LogP contribution < -0.4 is 11.1 Å². The average Bonchev–Trinajstić information content (AvgIpc) is 2.98. The van der Waals surface area contributed by atoms with Gasteiger partial charge in [-0.15, -0.1) is 0 Å². The molecule has 1 heterocycles. The molecule has 0 aliphatic heterocycles. The van der Waals surface area contributed by atoms with E-state index in [1.165, 1.54) is 0 Å². The van der Waals surface area contributed by atoms with Crippen LogP contribution in [0.4, 0.5) is 10.3 Å². The van der Waals surface area contributed by atoms with Gasteiger partial charge in [0.15, 0.2) is 5.82 Å². The number of hydrogen-bond acceptors (Lipinski definition) is 4. The molecule has 0 aromatic carbocycles. The van der Waals surface area contributed by atoms with Crippen LogP contribution in [0, 0.1) is 11.2 Å². The van der Waals surface area contributed by atoms with Gasteiger partial charge in [0, 0.05) is 6.54 Å². The molecular weight excluding hydrogens is 183 g/mol. The second-order valence-electron chi connectivity index (χ2n) is 3.78. The fourth-order valence-corrected chi connectivity index (χ4v) is 1.30. The predicted octanol–water partition coefficient (Wildman–Crippen LogP) is 0.766. The van der Waals surface area contributed by atoms with Crippen LogP contribution in [0.3, 0.4) is 0 Å². The van der Waals surface area contributed by atoms with E-state index in [4.69, 9.17) is 5.73 Å². The summed E-state index contributed by atoms with van der Waals surface area (Å²) in [6.07, 6.45) is 4.60. The van der Waals surface area contributed by atoms with E-state index in [1.54, 1.807) is 0 Å². The largest absolute Gasteiger partial charge is 0.354 e. The third-order valence-electron chi connectivity index (χ3n) is 2.63. The van der Waals surface area contributed by atoms with Gasteiger partial charge in [0.2, 0.25) is 5.95 Å². The standard InChI is InChI=1S/C9H13FN4/c10-7-3-12-8(13-4-7)14-6-9(5-11)1-2-9/h3-4H,1-2,5-6,11H2,(H,12,13,14). The summed E-state index contributed by atoms with van der Waals surface area (Å²) in [7, 11) is 0. The molecule has 1 saturated carbocycles. The average molecular weight is 196 g/mol. The summed E-state index contributed by atoms with van der Waals surface area (Å²) in [5.41, 5.74) is 5.85. The van der Waals surface area contributed by atoms with E-state index in [0.29, 0.717) is 12.5 Å². The van der Waals surface area contributed by atoms with Gasteiger partial charge in [0.1, 0.15) is 0 Å². The van der Waals surface area contributed by atoms with Crippen molar-refractivity contribution < 1.29 is 4.39 Å². The third-order valence-corrected chi connectivity index (χ3v) is 2.63. The number of nitrogens with zero attached hydrogens (tertiary/aromatic N) is 2. The van der Waals surface area contributed by atoms with Gasteiger partial charge in [-0.2, -0.15) is 0 Å². The van der Waals surface area contributed by atoms with Crippen molar-refractivity contribution in [2.24, 2.45) is 11.1 Å². The molecular formula is C9H13FN4. The Morgan fingerprint density at radius 2 is 2.07 bits per heavy atom. The molecule has 76 valence electrons. The summed E-state index contributed by atoms with van der Waals surface area (Å²) < 4.78 is 12.5. The molecule has 0 spiro atoms. The van der Waals surface area contributed by atoms with Crippen molar-refractivity contribution in [1.29, 1.82) is 0 Å². The highest BCUT2D eigenvalue weighted by atomic mass is 19.1. The van der Waals surface area contributed by atoms with Crippen molar-refractivity contribution in [3.8, 4) is 0 Å². The number of nitrogens with one attached hydrogen (secondary N) is 1. The van der Waals surface area contributed by atoms with Crippen molar-refractivity contribution >= 4 is 5.95 Å². The van der Waals surface area contributed by atoms with Gasteiger partial charge in [0.25, 0.3) is 0 Å². The van der Waals surface area contributed by atoms with Gasteiger partial charge in [-0.1, -0.05) is 0 Å². The number of hydrogen-bond donors (Lipinski definition) is 2. The Hall–Kier alpha value is -1.23. The van der Waals surface area contributed by atoms with Gasteiger partial charge < -0.3 is 11.1 Å². The minimum absolute atomic E-state index is 0.234. The smallest absolute Gasteiger partial charge is 0.222 e. The zero-order valence-electron chi connectivity index (χ0n) is 7.83. The van der Waals surface area contributed by atoms with Gasteiger partial charge in [0.05, 0.1) is 12.4 Å². The zero-order chi connectivity index (χ0) is 10.0. The molecule has 2 rings (SSSR count). The normalized spacial score (nSPS) is 17.9. The Kier molecular flexibility index (Phi) is 2.33. The van der Waals surface area contributed by atoms with Gasteiger partial charge >= 0.3 is 0 Å². The highest BCUT2D eigenvalue weighted by Crippen LogP contribution is 2.44. The van der Waals surface area contributed by atoms with Gasteiger partial charge in [-0.3, -0.25) is 0 Å². The van der Waals surface area contributed by atoms with E-state index in [2.05, 4.69) is 15.3 Å². The van der Waals surface area contributed by atoms with Gasteiger partial charge in [-0.25, -0.2) is 14.4 Å². The monoisotopic (exact) mass is 196 g/mol. The third kappa shape index (κ3) is 1.98. The summed E-state index contributed by atoms with van der Waals surface area (Å²) >= 11 is 0. The number of nitrogens with two attached hydrogens (primary N) is 1. The lowest BCUT2D eigenvalue weighted by Crippen LogP contribution is -2.24. The SMILES string of the molecule is NCC1(CNc2ncc(F)cn2)CC1. The molecule has 0 saturated heterocycles. The first kappa shape index (κ1) is 9.33. The minimum Gasteiger partial charge on any atom is -0.354 e. The molecule has 1 fully saturated rings. The van der Waals surface area contributed by atoms with Crippen LogP contribution in [-0.4, -0.2) is 23.1 Å². The Morgan fingerprint density at radius 1 is 1.43 bits per heavy atom. The van der Waals surface area contributed by atoms with E-state index in [1.807, 2.05) is 0 Å². The Labute approximate surface area is 81.7 Å². The molecule has 1 aliphatic carbocycles. The van der Waals surface area contributed by atoms with Crippen molar-refractivity contribution in [3.05, 3.63) is 18.2 Å². The number of aromatic nitrogens is 2. The Balaban J connectivity index is 1.89. The lowest BCUT2D eigenvalue weighted by atomic mass is 10.1. The first-order chi connectivity index (χ1) is 6.74. The molecule has 0 bridgehead atoms. The molecule has 0 amide bonds. The maximum Gasteiger partial charge on any atom is 0.222 e. The van der Waals surface area contributed by atoms with Crippen molar-refractivity contribution in [1.82, 2.24) is 9.97 Å². The van der Waals surface area contributed by atoms with Crippen molar-refractivity contribution in [2.75, 3.05) is 18.4 Å². The van der Waals surface area contributed by atoms with E-state index in [0.717, 1.165) is 31.8 Å². The molecule has 0 radical (unpaired) electrons. The van der Waals surface area contributed by atoms with E-state index in [-0.39, 0.29) is 5.41 Å². The van der Waals surface area contributed by atoms with E-state index >= 15 is 0 Å². The summed E-state index contributed by atoms with van der Waals surface area (Å²) in [6, 6.07) is 0. The second kappa shape index (κ2) is 3.49. The van der Waals surface area contributed by atoms with Crippen LogP contribution in [0.15, 0.2) is 12.4 Å². The number of anilines is 1. The number of halogens is 1. The van der Waals surface area contributed by atoms with Crippen molar-refractivity contribution in [3.63, 3.8) is 0 Å². The lowest BCUT2D eigenvalue weighted by Gasteiger charge is -2.12. The predicted molar refractivity (Wildman–Crippen MR) is 51.2 cm³/mol. The first-order valence-corrected chi connectivity index (χ1v) is 4.66. The molecule has 1 aliphatic rings. The molecule has 0 atom stereocenters. The Morgan fingerprint density at radius 3 is 2.57 bits per heavy atom. The van der Waals surface area contributed by atoms with Crippen LogP contribution >= 0.6 is 0 Å². The fraction of sp³-hybridized carbons (Fsp3) is 0.556. The zero-order valence-corrected chi connectivity index (χ0v) is 7.83. The summed E-state index contributed by atoms with van der Waals surface area (Å²) in [5, 5.41) is 3.06. The highest BCUT2D eigenvalue weighted by Gasteiger charge is 2.40. The quantitative estimate of drug-likeness (QED) is 0.746. The van der Waals surface area contributed by atoms with Gasteiger partial charge in [-0.05, 0) is 24.8 Å². The summed E-state index contributed by atoms with van der Waals surface area (Å²) in [5.74, 6) is 0.0432. The van der Waals surface area contributed by atoms with Crippen LogP contribution in [0.2, 0.25) is 0 Å². The first-order valence-electron chi connectivity index (χ1n) is 4.66. The molecule has 5 heteroatoms. The van der Waals surface area contributed by atoms with E-state index < -0.39 is 5.82 Å². The summed E-state index contributed by atoms with van der Waals surface area (Å²) in [6.45, 7) is 1.45. The topological polar surface area (TPSA) is 63.8 Å². The molecule has 3 N–H and O–H groups in total. The lowest BCUT2D eigenvalue weighted by molar-refractivity contribution is 0.552. The molecule has 4 nitrogen and oxygen atoms in total. The van der Waals surface area contributed by atoms with Crippen LogP contribution in [0.1, 0.15) is 12.8 Å².